The molecular formula is C15H21N3O4S. The Morgan fingerprint density at radius 3 is 1.91 bits per heavy atom. The van der Waals surface area contributed by atoms with Crippen molar-refractivity contribution in [3.63, 3.8) is 0 Å². The number of hydrogen-bond donors (Lipinski definition) is 0. The van der Waals surface area contributed by atoms with Gasteiger partial charge in [0.05, 0.1) is 17.9 Å². The molecule has 7 nitrogen and oxygen atoms in total. The number of likely N-dealkylation sites (tertiary alicyclic amines) is 1. The third-order valence-electron chi connectivity index (χ3n) is 5.45. The van der Waals surface area contributed by atoms with Crippen LogP contribution >= 0.6 is 0 Å². The zero-order valence-corrected chi connectivity index (χ0v) is 13.7. The predicted molar refractivity (Wildman–Crippen MR) is 82.3 cm³/mol. The van der Waals surface area contributed by atoms with Crippen LogP contribution in [0.25, 0.3) is 0 Å². The summed E-state index contributed by atoms with van der Waals surface area (Å²) < 4.78 is 27.8. The summed E-state index contributed by atoms with van der Waals surface area (Å²) in [4.78, 5) is 26.3. The summed E-state index contributed by atoms with van der Waals surface area (Å²) in [5, 5.41) is 0. The van der Waals surface area contributed by atoms with Crippen molar-refractivity contribution in [2.75, 3.05) is 26.2 Å². The molecular weight excluding hydrogens is 318 g/mol. The molecule has 3 fully saturated rings. The minimum atomic E-state index is -3.42. The molecule has 0 radical (unpaired) electrons. The van der Waals surface area contributed by atoms with E-state index in [0.717, 1.165) is 12.8 Å². The molecule has 3 saturated heterocycles. The monoisotopic (exact) mass is 339 g/mol. The molecule has 3 aliphatic heterocycles. The first kappa shape index (κ1) is 15.3. The molecule has 126 valence electrons. The average molecular weight is 339 g/mol. The highest BCUT2D eigenvalue weighted by Gasteiger charge is 2.53. The summed E-state index contributed by atoms with van der Waals surface area (Å²) in [6.07, 6.45) is 6.95. The lowest BCUT2D eigenvalue weighted by Gasteiger charge is -2.43. The van der Waals surface area contributed by atoms with E-state index < -0.39 is 10.2 Å². The Balaban J connectivity index is 1.44. The van der Waals surface area contributed by atoms with Crippen LogP contribution in [0.5, 0.6) is 0 Å². The van der Waals surface area contributed by atoms with Gasteiger partial charge in [-0.2, -0.15) is 17.0 Å². The van der Waals surface area contributed by atoms with Crippen LogP contribution in [0.4, 0.5) is 0 Å². The minimum Gasteiger partial charge on any atom is -0.276 e. The Labute approximate surface area is 136 Å². The van der Waals surface area contributed by atoms with Crippen molar-refractivity contribution in [3.05, 3.63) is 12.2 Å². The smallest absolute Gasteiger partial charge is 0.276 e. The molecule has 0 aromatic carbocycles. The Hall–Kier alpha value is -1.25. The molecule has 0 unspecified atom stereocenters. The second-order valence-corrected chi connectivity index (χ2v) is 8.72. The summed E-state index contributed by atoms with van der Waals surface area (Å²) in [6, 6.07) is -0.294. The lowest BCUT2D eigenvalue weighted by molar-refractivity contribution is -0.145. The quantitative estimate of drug-likeness (QED) is 0.534. The second kappa shape index (κ2) is 5.39. The highest BCUT2D eigenvalue weighted by atomic mass is 32.2. The summed E-state index contributed by atoms with van der Waals surface area (Å²) >= 11 is 0. The van der Waals surface area contributed by atoms with E-state index in [4.69, 9.17) is 0 Å². The lowest BCUT2D eigenvalue weighted by Crippen LogP contribution is -2.64. The van der Waals surface area contributed by atoms with Gasteiger partial charge in [-0.25, -0.2) is 0 Å². The van der Waals surface area contributed by atoms with Crippen LogP contribution in [0.1, 0.15) is 25.7 Å². The van der Waals surface area contributed by atoms with E-state index in [2.05, 4.69) is 0 Å². The van der Waals surface area contributed by atoms with Gasteiger partial charge >= 0.3 is 0 Å². The molecule has 1 aliphatic carbocycles. The normalized spacial score (nSPS) is 33.3. The molecule has 0 bridgehead atoms. The van der Waals surface area contributed by atoms with E-state index in [1.807, 2.05) is 12.2 Å². The number of hydrogen-bond acceptors (Lipinski definition) is 4. The van der Waals surface area contributed by atoms with Crippen LogP contribution in [0.15, 0.2) is 12.2 Å². The molecule has 0 aromatic rings. The van der Waals surface area contributed by atoms with E-state index in [9.17, 15) is 18.0 Å². The standard InChI is InChI=1S/C15H21N3O4S/c19-14-12-5-1-2-6-13(12)15(20)18(14)11-9-17(10-11)23(21,22)16-7-3-4-8-16/h1-2,11-13H,3-10H2/t12-,13-/m1/s1. The van der Waals surface area contributed by atoms with Crippen LogP contribution in [-0.2, 0) is 19.8 Å². The summed E-state index contributed by atoms with van der Waals surface area (Å²) in [5.74, 6) is -0.714. The average Bonchev–Trinajstić information content (AvgIpc) is 3.10. The predicted octanol–water partition coefficient (Wildman–Crippen LogP) is -0.0376. The van der Waals surface area contributed by atoms with Crippen molar-refractivity contribution in [2.45, 2.75) is 31.7 Å². The molecule has 0 spiro atoms. The maximum atomic E-state index is 12.5. The third kappa shape index (κ3) is 2.27. The Kier molecular flexibility index (Phi) is 3.58. The highest BCUT2D eigenvalue weighted by Crippen LogP contribution is 2.38. The van der Waals surface area contributed by atoms with Gasteiger partial charge in [-0.15, -0.1) is 0 Å². The van der Waals surface area contributed by atoms with E-state index >= 15 is 0 Å². The van der Waals surface area contributed by atoms with E-state index in [0.29, 0.717) is 25.9 Å². The summed E-state index contributed by atoms with van der Waals surface area (Å²) in [5.41, 5.74) is 0. The van der Waals surface area contributed by atoms with Gasteiger partial charge in [-0.3, -0.25) is 14.5 Å². The van der Waals surface area contributed by atoms with Crippen LogP contribution in [0.3, 0.4) is 0 Å². The van der Waals surface area contributed by atoms with Crippen molar-refractivity contribution in [3.8, 4) is 0 Å². The Morgan fingerprint density at radius 2 is 1.39 bits per heavy atom. The first-order valence-corrected chi connectivity index (χ1v) is 9.67. The largest absolute Gasteiger partial charge is 0.282 e. The molecule has 2 amide bonds. The van der Waals surface area contributed by atoms with E-state index in [1.165, 1.54) is 13.5 Å². The van der Waals surface area contributed by atoms with Gasteiger partial charge in [0.2, 0.25) is 11.8 Å². The fraction of sp³-hybridized carbons (Fsp3) is 0.733. The SMILES string of the molecule is O=C1[C@@H]2CC=CC[C@H]2C(=O)N1C1CN(S(=O)(=O)N2CCCC2)C1. The number of allylic oxidation sites excluding steroid dienone is 2. The summed E-state index contributed by atoms with van der Waals surface area (Å²) in [7, 11) is -3.42. The van der Waals surface area contributed by atoms with Gasteiger partial charge in [0.15, 0.2) is 0 Å². The topological polar surface area (TPSA) is 78.0 Å². The number of imide groups is 1. The van der Waals surface area contributed by atoms with Gasteiger partial charge in [-0.1, -0.05) is 12.2 Å². The number of fused-ring (bicyclic) bond motifs is 1. The maximum absolute atomic E-state index is 12.5. The second-order valence-electron chi connectivity index (χ2n) is 6.79. The molecule has 23 heavy (non-hydrogen) atoms. The third-order valence-corrected chi connectivity index (χ3v) is 7.42. The number of amides is 2. The number of nitrogens with zero attached hydrogens (tertiary/aromatic N) is 3. The fourth-order valence-electron chi connectivity index (χ4n) is 4.04. The lowest BCUT2D eigenvalue weighted by atomic mass is 9.85. The minimum absolute atomic E-state index is 0.118. The first-order chi connectivity index (χ1) is 11.0. The molecule has 4 aliphatic rings. The number of carbonyl (C=O) groups excluding carboxylic acids is 2. The molecule has 0 N–H and O–H groups in total. The van der Waals surface area contributed by atoms with Gasteiger partial charge in [0.1, 0.15) is 0 Å². The maximum Gasteiger partial charge on any atom is 0.282 e. The van der Waals surface area contributed by atoms with Gasteiger partial charge in [-0.05, 0) is 25.7 Å². The van der Waals surface area contributed by atoms with Crippen LogP contribution < -0.4 is 0 Å². The van der Waals surface area contributed by atoms with Crippen molar-refractivity contribution < 1.29 is 18.0 Å². The highest BCUT2D eigenvalue weighted by molar-refractivity contribution is 7.86. The van der Waals surface area contributed by atoms with Crippen LogP contribution in [0, 0.1) is 11.8 Å². The van der Waals surface area contributed by atoms with Crippen molar-refractivity contribution >= 4 is 22.0 Å². The molecule has 0 saturated carbocycles. The molecule has 2 atom stereocenters. The first-order valence-electron chi connectivity index (χ1n) is 8.27. The van der Waals surface area contributed by atoms with E-state index in [-0.39, 0.29) is 42.8 Å². The van der Waals surface area contributed by atoms with Gasteiger partial charge < -0.3 is 0 Å². The Morgan fingerprint density at radius 1 is 0.870 bits per heavy atom. The van der Waals surface area contributed by atoms with Crippen LogP contribution in [-0.4, -0.2) is 66.0 Å². The van der Waals surface area contributed by atoms with E-state index in [1.54, 1.807) is 0 Å². The van der Waals surface area contributed by atoms with Gasteiger partial charge in [0, 0.05) is 26.2 Å². The number of rotatable bonds is 3. The van der Waals surface area contributed by atoms with Crippen molar-refractivity contribution in [1.29, 1.82) is 0 Å². The molecule has 3 heterocycles. The molecule has 8 heteroatoms. The molecule has 0 aromatic heterocycles. The number of carbonyl (C=O) groups is 2. The molecule has 4 rings (SSSR count). The summed E-state index contributed by atoms with van der Waals surface area (Å²) in [6.45, 7) is 1.62. The zero-order valence-electron chi connectivity index (χ0n) is 12.9. The van der Waals surface area contributed by atoms with Crippen molar-refractivity contribution in [1.82, 2.24) is 13.5 Å². The van der Waals surface area contributed by atoms with Crippen molar-refractivity contribution in [2.24, 2.45) is 11.8 Å². The Bertz CT molecular complexity index is 636. The van der Waals surface area contributed by atoms with Crippen LogP contribution in [0.2, 0.25) is 0 Å². The zero-order chi connectivity index (χ0) is 16.2. The fourth-order valence-corrected chi connectivity index (χ4v) is 5.80. The van der Waals surface area contributed by atoms with Gasteiger partial charge in [0.25, 0.3) is 10.2 Å².